The molecule has 0 aliphatic rings. The third kappa shape index (κ3) is 2.42. The lowest BCUT2D eigenvalue weighted by molar-refractivity contribution is 0.643. The lowest BCUT2D eigenvalue weighted by Crippen LogP contribution is -1.95. The quantitative estimate of drug-likeness (QED) is 0.639. The van der Waals surface area contributed by atoms with Crippen molar-refractivity contribution in [1.82, 2.24) is 9.97 Å². The van der Waals surface area contributed by atoms with Gasteiger partial charge in [-0.1, -0.05) is 13.8 Å². The largest absolute Gasteiger partial charge is 0.248 e. The van der Waals surface area contributed by atoms with Gasteiger partial charge in [-0.15, -0.1) is 0 Å². The zero-order valence-electron chi connectivity index (χ0n) is 7.49. The summed E-state index contributed by atoms with van der Waals surface area (Å²) in [6.45, 7) is 7.68. The van der Waals surface area contributed by atoms with Crippen LogP contribution in [0.15, 0.2) is 17.4 Å². The molecule has 0 saturated heterocycles. The molecule has 0 saturated carbocycles. The van der Waals surface area contributed by atoms with Crippen molar-refractivity contribution in [3.8, 4) is 0 Å². The van der Waals surface area contributed by atoms with E-state index in [2.05, 4.69) is 35.5 Å². The molecule has 1 aromatic heterocycles. The van der Waals surface area contributed by atoms with Crippen LogP contribution in [0.4, 0.5) is 5.95 Å². The minimum Gasteiger partial charge on any atom is -0.228 e. The summed E-state index contributed by atoms with van der Waals surface area (Å²) in [4.78, 5) is 11.6. The van der Waals surface area contributed by atoms with Gasteiger partial charge in [0.2, 0.25) is 5.95 Å². The number of hydrogen-bond donors (Lipinski definition) is 0. The van der Waals surface area contributed by atoms with Gasteiger partial charge in [0.25, 0.3) is 0 Å². The third-order valence-electron chi connectivity index (χ3n) is 1.48. The Labute approximate surface area is 72.6 Å². The summed E-state index contributed by atoms with van der Waals surface area (Å²) in [5.74, 6) is 1.08. The van der Waals surface area contributed by atoms with E-state index in [0.717, 1.165) is 12.0 Å². The second kappa shape index (κ2) is 3.95. The van der Waals surface area contributed by atoms with Crippen molar-refractivity contribution in [2.75, 3.05) is 0 Å². The van der Waals surface area contributed by atoms with Gasteiger partial charge in [-0.05, 0) is 24.6 Å². The zero-order chi connectivity index (χ0) is 8.97. The van der Waals surface area contributed by atoms with Crippen molar-refractivity contribution in [3.63, 3.8) is 0 Å². The predicted molar refractivity (Wildman–Crippen MR) is 49.8 cm³/mol. The SMILES string of the molecule is C=Nc1ncc(CC(C)C)cn1. The second-order valence-electron chi connectivity index (χ2n) is 3.15. The van der Waals surface area contributed by atoms with Crippen LogP contribution in [0.3, 0.4) is 0 Å². The lowest BCUT2D eigenvalue weighted by Gasteiger charge is -2.02. The van der Waals surface area contributed by atoms with Gasteiger partial charge in [-0.3, -0.25) is 0 Å². The molecule has 0 amide bonds. The predicted octanol–water partition coefficient (Wildman–Crippen LogP) is 2.01. The number of nitrogens with zero attached hydrogens (tertiary/aromatic N) is 3. The van der Waals surface area contributed by atoms with Gasteiger partial charge in [0, 0.05) is 12.4 Å². The maximum atomic E-state index is 4.01. The van der Waals surface area contributed by atoms with Gasteiger partial charge in [0.05, 0.1) is 0 Å². The van der Waals surface area contributed by atoms with E-state index in [4.69, 9.17) is 0 Å². The fourth-order valence-electron chi connectivity index (χ4n) is 1.01. The summed E-state index contributed by atoms with van der Waals surface area (Å²) in [5, 5.41) is 0. The van der Waals surface area contributed by atoms with Crippen LogP contribution in [-0.4, -0.2) is 16.7 Å². The van der Waals surface area contributed by atoms with Gasteiger partial charge in [-0.25, -0.2) is 15.0 Å². The standard InChI is InChI=1S/C9H13N3/c1-7(2)4-8-5-11-9(10-3)12-6-8/h5-7H,3-4H2,1-2H3. The van der Waals surface area contributed by atoms with Crippen molar-refractivity contribution < 1.29 is 0 Å². The first-order valence-corrected chi connectivity index (χ1v) is 4.00. The Morgan fingerprint density at radius 3 is 2.42 bits per heavy atom. The van der Waals surface area contributed by atoms with E-state index in [9.17, 15) is 0 Å². The molecule has 3 nitrogen and oxygen atoms in total. The second-order valence-corrected chi connectivity index (χ2v) is 3.15. The molecule has 0 fully saturated rings. The van der Waals surface area contributed by atoms with Crippen LogP contribution in [0.2, 0.25) is 0 Å². The maximum Gasteiger partial charge on any atom is 0.248 e. The van der Waals surface area contributed by atoms with Gasteiger partial charge in [-0.2, -0.15) is 0 Å². The molecule has 3 heteroatoms. The lowest BCUT2D eigenvalue weighted by atomic mass is 10.1. The summed E-state index contributed by atoms with van der Waals surface area (Å²) in [6, 6.07) is 0. The molecule has 64 valence electrons. The number of aromatic nitrogens is 2. The fraction of sp³-hybridized carbons (Fsp3) is 0.444. The van der Waals surface area contributed by atoms with Crippen LogP contribution in [0.5, 0.6) is 0 Å². The molecule has 0 unspecified atom stereocenters. The van der Waals surface area contributed by atoms with Crippen LogP contribution in [0.25, 0.3) is 0 Å². The van der Waals surface area contributed by atoms with Crippen molar-refractivity contribution in [1.29, 1.82) is 0 Å². The highest BCUT2D eigenvalue weighted by Gasteiger charge is 1.98. The first-order chi connectivity index (χ1) is 5.72. The molecular formula is C9H13N3. The average molecular weight is 163 g/mol. The first kappa shape index (κ1) is 8.84. The molecule has 0 bridgehead atoms. The molecule has 1 aromatic rings. The topological polar surface area (TPSA) is 38.1 Å². The summed E-state index contributed by atoms with van der Waals surface area (Å²) >= 11 is 0. The van der Waals surface area contributed by atoms with E-state index in [1.165, 1.54) is 0 Å². The maximum absolute atomic E-state index is 4.01. The van der Waals surface area contributed by atoms with Crippen LogP contribution in [-0.2, 0) is 6.42 Å². The Kier molecular flexibility index (Phi) is 2.91. The smallest absolute Gasteiger partial charge is 0.228 e. The van der Waals surface area contributed by atoms with E-state index < -0.39 is 0 Å². The molecule has 0 spiro atoms. The van der Waals surface area contributed by atoms with Crippen molar-refractivity contribution in [3.05, 3.63) is 18.0 Å². The number of rotatable bonds is 3. The normalized spacial score (nSPS) is 10.2. The Hall–Kier alpha value is -1.25. The Morgan fingerprint density at radius 1 is 1.42 bits per heavy atom. The van der Waals surface area contributed by atoms with E-state index in [-0.39, 0.29) is 0 Å². The van der Waals surface area contributed by atoms with Gasteiger partial charge < -0.3 is 0 Å². The molecular weight excluding hydrogens is 150 g/mol. The summed E-state index contributed by atoms with van der Waals surface area (Å²) in [7, 11) is 0. The molecule has 12 heavy (non-hydrogen) atoms. The monoisotopic (exact) mass is 163 g/mol. The zero-order valence-corrected chi connectivity index (χ0v) is 7.49. The number of aliphatic imine (C=N–C) groups is 1. The van der Waals surface area contributed by atoms with Gasteiger partial charge in [0.1, 0.15) is 0 Å². The molecule has 1 heterocycles. The van der Waals surface area contributed by atoms with Crippen LogP contribution in [0.1, 0.15) is 19.4 Å². The molecule has 0 N–H and O–H groups in total. The molecule has 0 aliphatic heterocycles. The van der Waals surface area contributed by atoms with E-state index in [0.29, 0.717) is 11.9 Å². The highest BCUT2D eigenvalue weighted by molar-refractivity contribution is 5.34. The first-order valence-electron chi connectivity index (χ1n) is 4.00. The highest BCUT2D eigenvalue weighted by atomic mass is 15.0. The average Bonchev–Trinajstić information content (AvgIpc) is 2.05. The molecule has 0 radical (unpaired) electrons. The Bertz CT molecular complexity index is 251. The van der Waals surface area contributed by atoms with Crippen molar-refractivity contribution in [2.24, 2.45) is 10.9 Å². The molecule has 0 aromatic carbocycles. The van der Waals surface area contributed by atoms with Gasteiger partial charge >= 0.3 is 0 Å². The van der Waals surface area contributed by atoms with E-state index in [1.807, 2.05) is 0 Å². The van der Waals surface area contributed by atoms with E-state index >= 15 is 0 Å². The molecule has 0 aliphatic carbocycles. The van der Waals surface area contributed by atoms with Crippen LogP contribution >= 0.6 is 0 Å². The third-order valence-corrected chi connectivity index (χ3v) is 1.48. The van der Waals surface area contributed by atoms with E-state index in [1.54, 1.807) is 12.4 Å². The highest BCUT2D eigenvalue weighted by Crippen LogP contribution is 2.07. The fourth-order valence-corrected chi connectivity index (χ4v) is 1.01. The Morgan fingerprint density at radius 2 is 2.00 bits per heavy atom. The molecule has 1 rings (SSSR count). The summed E-state index contributed by atoms with van der Waals surface area (Å²) in [5.41, 5.74) is 1.15. The number of hydrogen-bond acceptors (Lipinski definition) is 3. The minimum absolute atomic E-state index is 0.447. The summed E-state index contributed by atoms with van der Waals surface area (Å²) in [6.07, 6.45) is 4.62. The Balaban J connectivity index is 2.71. The molecule has 0 atom stereocenters. The van der Waals surface area contributed by atoms with Crippen molar-refractivity contribution in [2.45, 2.75) is 20.3 Å². The van der Waals surface area contributed by atoms with Crippen molar-refractivity contribution >= 4 is 12.7 Å². The van der Waals surface area contributed by atoms with Crippen LogP contribution < -0.4 is 0 Å². The van der Waals surface area contributed by atoms with Gasteiger partial charge in [0.15, 0.2) is 0 Å². The minimum atomic E-state index is 0.447. The summed E-state index contributed by atoms with van der Waals surface area (Å²) < 4.78 is 0. The van der Waals surface area contributed by atoms with Crippen LogP contribution in [0, 0.1) is 5.92 Å².